The van der Waals surface area contributed by atoms with Crippen molar-refractivity contribution in [1.29, 1.82) is 0 Å². The molecule has 27 heavy (non-hydrogen) atoms. The van der Waals surface area contributed by atoms with E-state index in [0.29, 0.717) is 5.65 Å². The maximum atomic E-state index is 4.92. The normalized spacial score (nSPS) is 15.6. The van der Waals surface area contributed by atoms with Crippen molar-refractivity contribution >= 4 is 22.8 Å². The molecular formula is C19H26N8. The van der Waals surface area contributed by atoms with Gasteiger partial charge in [0, 0.05) is 42.9 Å². The fraction of sp³-hybridized carbons (Fsp3) is 0.526. The van der Waals surface area contributed by atoms with E-state index in [4.69, 9.17) is 9.97 Å². The predicted molar refractivity (Wildman–Crippen MR) is 106 cm³/mol. The molecule has 0 amide bonds. The third kappa shape index (κ3) is 3.20. The maximum absolute atomic E-state index is 4.92. The number of fused-ring (bicyclic) bond motifs is 1. The minimum atomic E-state index is -0.0672. The molecule has 1 aliphatic heterocycles. The van der Waals surface area contributed by atoms with Gasteiger partial charge in [0.1, 0.15) is 23.5 Å². The Morgan fingerprint density at radius 2 is 1.56 bits per heavy atom. The van der Waals surface area contributed by atoms with E-state index in [1.54, 1.807) is 12.7 Å². The molecule has 1 aliphatic rings. The molecule has 0 aromatic carbocycles. The number of aromatic amines is 1. The van der Waals surface area contributed by atoms with Gasteiger partial charge in [-0.3, -0.25) is 0 Å². The van der Waals surface area contributed by atoms with Gasteiger partial charge in [-0.1, -0.05) is 20.8 Å². The average Bonchev–Trinajstić information content (AvgIpc) is 3.12. The molecule has 0 aliphatic carbocycles. The van der Waals surface area contributed by atoms with Crippen LogP contribution in [0, 0.1) is 13.8 Å². The Kier molecular flexibility index (Phi) is 4.20. The lowest BCUT2D eigenvalue weighted by Crippen LogP contribution is -2.47. The topological polar surface area (TPSA) is 86.7 Å². The molecule has 0 atom stereocenters. The molecule has 1 N–H and O–H groups in total. The SMILES string of the molecule is Cc1nc(C(C)(C)C)nc(N2CCN(c3ncnc4nc[nH]c34)CC2)c1C. The largest absolute Gasteiger partial charge is 0.353 e. The van der Waals surface area contributed by atoms with Crippen molar-refractivity contribution in [3.63, 3.8) is 0 Å². The van der Waals surface area contributed by atoms with Gasteiger partial charge in [-0.25, -0.2) is 24.9 Å². The minimum Gasteiger partial charge on any atom is -0.353 e. The number of aromatic nitrogens is 6. The lowest BCUT2D eigenvalue weighted by atomic mass is 9.95. The van der Waals surface area contributed by atoms with Crippen LogP contribution in [0.2, 0.25) is 0 Å². The average molecular weight is 366 g/mol. The Balaban J connectivity index is 1.58. The van der Waals surface area contributed by atoms with Gasteiger partial charge >= 0.3 is 0 Å². The minimum absolute atomic E-state index is 0.0672. The molecule has 0 saturated carbocycles. The van der Waals surface area contributed by atoms with E-state index in [2.05, 4.69) is 64.4 Å². The van der Waals surface area contributed by atoms with Crippen LogP contribution in [-0.4, -0.2) is 56.1 Å². The fourth-order valence-electron chi connectivity index (χ4n) is 3.38. The smallest absolute Gasteiger partial charge is 0.182 e. The lowest BCUT2D eigenvalue weighted by molar-refractivity contribution is 0.538. The van der Waals surface area contributed by atoms with Crippen LogP contribution in [0.4, 0.5) is 11.6 Å². The van der Waals surface area contributed by atoms with Crippen molar-refractivity contribution in [2.45, 2.75) is 40.0 Å². The maximum Gasteiger partial charge on any atom is 0.182 e. The number of imidazole rings is 1. The molecule has 1 fully saturated rings. The number of hydrogen-bond acceptors (Lipinski definition) is 7. The van der Waals surface area contributed by atoms with Crippen LogP contribution >= 0.6 is 0 Å². The Morgan fingerprint density at radius 1 is 0.889 bits per heavy atom. The standard InChI is InChI=1S/C19H26N8/c1-12-13(2)24-18(19(3,4)5)25-16(12)26-6-8-27(9-7-26)17-14-15(21-10-20-14)22-11-23-17/h10-11H,6-9H2,1-5H3,(H,20,21,22,23). The first-order valence-corrected chi connectivity index (χ1v) is 9.34. The molecule has 4 heterocycles. The van der Waals surface area contributed by atoms with Gasteiger partial charge in [0.05, 0.1) is 6.33 Å². The van der Waals surface area contributed by atoms with Crippen LogP contribution in [0.3, 0.4) is 0 Å². The first-order chi connectivity index (χ1) is 12.8. The fourth-order valence-corrected chi connectivity index (χ4v) is 3.38. The highest BCUT2D eigenvalue weighted by atomic mass is 15.3. The first kappa shape index (κ1) is 17.6. The van der Waals surface area contributed by atoms with Crippen LogP contribution in [0.15, 0.2) is 12.7 Å². The number of anilines is 2. The second-order valence-electron chi connectivity index (χ2n) is 8.10. The van der Waals surface area contributed by atoms with Crippen molar-refractivity contribution in [3.8, 4) is 0 Å². The molecule has 0 spiro atoms. The number of H-pyrrole nitrogens is 1. The first-order valence-electron chi connectivity index (χ1n) is 9.34. The Labute approximate surface area is 159 Å². The Hall–Kier alpha value is -2.77. The van der Waals surface area contributed by atoms with E-state index >= 15 is 0 Å². The number of hydrogen-bond donors (Lipinski definition) is 1. The van der Waals surface area contributed by atoms with Crippen molar-refractivity contribution < 1.29 is 0 Å². The third-order valence-corrected chi connectivity index (χ3v) is 5.12. The highest BCUT2D eigenvalue weighted by Gasteiger charge is 2.26. The van der Waals surface area contributed by atoms with E-state index in [1.165, 1.54) is 0 Å². The molecule has 3 aromatic heterocycles. The van der Waals surface area contributed by atoms with E-state index in [9.17, 15) is 0 Å². The van der Waals surface area contributed by atoms with Gasteiger partial charge in [-0.15, -0.1) is 0 Å². The van der Waals surface area contributed by atoms with Gasteiger partial charge < -0.3 is 14.8 Å². The monoisotopic (exact) mass is 366 g/mol. The number of nitrogens with one attached hydrogen (secondary N) is 1. The summed E-state index contributed by atoms with van der Waals surface area (Å²) in [5.74, 6) is 2.88. The lowest BCUT2D eigenvalue weighted by Gasteiger charge is -2.37. The summed E-state index contributed by atoms with van der Waals surface area (Å²) < 4.78 is 0. The van der Waals surface area contributed by atoms with E-state index in [0.717, 1.165) is 60.4 Å². The van der Waals surface area contributed by atoms with Gasteiger partial charge in [0.25, 0.3) is 0 Å². The predicted octanol–water partition coefficient (Wildman–Crippen LogP) is 2.38. The zero-order valence-corrected chi connectivity index (χ0v) is 16.6. The quantitative estimate of drug-likeness (QED) is 0.745. The summed E-state index contributed by atoms with van der Waals surface area (Å²) in [7, 11) is 0. The molecule has 8 nitrogen and oxygen atoms in total. The zero-order valence-electron chi connectivity index (χ0n) is 16.6. The van der Waals surface area contributed by atoms with Crippen molar-refractivity contribution in [3.05, 3.63) is 29.7 Å². The van der Waals surface area contributed by atoms with Crippen LogP contribution < -0.4 is 9.80 Å². The summed E-state index contributed by atoms with van der Waals surface area (Å²) in [4.78, 5) is 30.4. The van der Waals surface area contributed by atoms with Gasteiger partial charge in [0.15, 0.2) is 11.5 Å². The van der Waals surface area contributed by atoms with Crippen molar-refractivity contribution in [2.75, 3.05) is 36.0 Å². The molecule has 0 unspecified atom stereocenters. The van der Waals surface area contributed by atoms with Gasteiger partial charge in [-0.2, -0.15) is 0 Å². The molecule has 3 aromatic rings. The summed E-state index contributed by atoms with van der Waals surface area (Å²) in [5.41, 5.74) is 3.76. The summed E-state index contributed by atoms with van der Waals surface area (Å²) in [6.07, 6.45) is 3.25. The number of rotatable bonds is 2. The molecular weight excluding hydrogens is 340 g/mol. The zero-order chi connectivity index (χ0) is 19.2. The highest BCUT2D eigenvalue weighted by Crippen LogP contribution is 2.27. The highest BCUT2D eigenvalue weighted by molar-refractivity contribution is 5.82. The summed E-state index contributed by atoms with van der Waals surface area (Å²) >= 11 is 0. The molecule has 0 radical (unpaired) electrons. The Morgan fingerprint density at radius 3 is 2.22 bits per heavy atom. The Bertz CT molecular complexity index is 963. The second kappa shape index (κ2) is 6.44. The molecule has 0 bridgehead atoms. The summed E-state index contributed by atoms with van der Waals surface area (Å²) in [6, 6.07) is 0. The molecule has 1 saturated heterocycles. The van der Waals surface area contributed by atoms with Gasteiger partial charge in [0.2, 0.25) is 0 Å². The van der Waals surface area contributed by atoms with E-state index < -0.39 is 0 Å². The van der Waals surface area contributed by atoms with E-state index in [-0.39, 0.29) is 5.41 Å². The van der Waals surface area contributed by atoms with Gasteiger partial charge in [-0.05, 0) is 13.8 Å². The van der Waals surface area contributed by atoms with Crippen molar-refractivity contribution in [2.24, 2.45) is 0 Å². The van der Waals surface area contributed by atoms with Crippen molar-refractivity contribution in [1.82, 2.24) is 29.9 Å². The van der Waals surface area contributed by atoms with Crippen LogP contribution in [0.5, 0.6) is 0 Å². The van der Waals surface area contributed by atoms with Crippen LogP contribution in [-0.2, 0) is 5.41 Å². The van der Waals surface area contributed by atoms with Crippen LogP contribution in [0.25, 0.3) is 11.2 Å². The van der Waals surface area contributed by atoms with E-state index in [1.807, 2.05) is 0 Å². The third-order valence-electron chi connectivity index (χ3n) is 5.12. The van der Waals surface area contributed by atoms with Crippen LogP contribution in [0.1, 0.15) is 37.9 Å². The molecule has 4 rings (SSSR count). The number of nitrogens with zero attached hydrogens (tertiary/aromatic N) is 7. The number of aryl methyl sites for hydroxylation is 1. The summed E-state index contributed by atoms with van der Waals surface area (Å²) in [6.45, 7) is 14.2. The number of piperazine rings is 1. The summed E-state index contributed by atoms with van der Waals surface area (Å²) in [5, 5.41) is 0. The molecule has 8 heteroatoms. The second-order valence-corrected chi connectivity index (χ2v) is 8.10. The molecule has 142 valence electrons.